The van der Waals surface area contributed by atoms with Gasteiger partial charge in [0.25, 0.3) is 5.91 Å². The van der Waals surface area contributed by atoms with E-state index >= 15 is 0 Å². The Bertz CT molecular complexity index is 795. The molecule has 0 aromatic heterocycles. The Kier molecular flexibility index (Phi) is 5.86. The maximum absolute atomic E-state index is 13.4. The number of amides is 1. The predicted octanol–water partition coefficient (Wildman–Crippen LogP) is 2.30. The Morgan fingerprint density at radius 2 is 1.70 bits per heavy atom. The molecule has 0 saturated carbocycles. The molecule has 23 heavy (non-hydrogen) atoms. The minimum atomic E-state index is -3.64. The van der Waals surface area contributed by atoms with Crippen LogP contribution < -0.4 is 10.0 Å². The van der Waals surface area contributed by atoms with Gasteiger partial charge in [-0.25, -0.2) is 17.5 Å². The molecule has 0 saturated heterocycles. The lowest BCUT2D eigenvalue weighted by atomic mass is 10.2. The molecule has 0 aliphatic rings. The summed E-state index contributed by atoms with van der Waals surface area (Å²) in [4.78, 5) is 11.9. The van der Waals surface area contributed by atoms with Crippen LogP contribution in [0, 0.1) is 5.82 Å². The lowest BCUT2D eigenvalue weighted by Crippen LogP contribution is -2.35. The molecule has 0 spiro atoms. The van der Waals surface area contributed by atoms with Gasteiger partial charge in [-0.15, -0.1) is 0 Å². The maximum Gasteiger partial charge on any atom is 0.254 e. The summed E-state index contributed by atoms with van der Waals surface area (Å²) < 4.78 is 40.6. The van der Waals surface area contributed by atoms with E-state index in [0.29, 0.717) is 0 Å². The van der Waals surface area contributed by atoms with Gasteiger partial charge in [0.15, 0.2) is 0 Å². The molecule has 122 valence electrons. The van der Waals surface area contributed by atoms with E-state index in [9.17, 15) is 17.6 Å². The van der Waals surface area contributed by atoms with Crippen LogP contribution in [0.15, 0.2) is 57.9 Å². The van der Waals surface area contributed by atoms with Crippen LogP contribution in [-0.2, 0) is 10.0 Å². The zero-order chi connectivity index (χ0) is 16.9. The number of rotatable bonds is 6. The molecular weight excluding hydrogens is 387 g/mol. The zero-order valence-electron chi connectivity index (χ0n) is 11.9. The number of carbonyl (C=O) groups excluding carboxylic acids is 1. The van der Waals surface area contributed by atoms with Gasteiger partial charge in [0.1, 0.15) is 5.82 Å². The summed E-state index contributed by atoms with van der Waals surface area (Å²) in [5.74, 6) is -1.22. The van der Waals surface area contributed by atoms with Gasteiger partial charge in [-0.1, -0.05) is 28.1 Å². The maximum atomic E-state index is 13.4. The monoisotopic (exact) mass is 400 g/mol. The topological polar surface area (TPSA) is 75.3 Å². The number of hydrogen-bond acceptors (Lipinski definition) is 3. The number of hydrogen-bond donors (Lipinski definition) is 2. The average Bonchev–Trinajstić information content (AvgIpc) is 2.52. The number of halogens is 2. The smallest absolute Gasteiger partial charge is 0.254 e. The van der Waals surface area contributed by atoms with Gasteiger partial charge < -0.3 is 5.32 Å². The second-order valence-corrected chi connectivity index (χ2v) is 7.27. The van der Waals surface area contributed by atoms with E-state index in [4.69, 9.17) is 0 Å². The van der Waals surface area contributed by atoms with E-state index in [0.717, 1.165) is 4.47 Å². The first-order chi connectivity index (χ1) is 10.9. The second-order valence-electron chi connectivity index (χ2n) is 4.59. The lowest BCUT2D eigenvalue weighted by molar-refractivity contribution is 0.0950. The fourth-order valence-corrected chi connectivity index (χ4v) is 3.10. The zero-order valence-corrected chi connectivity index (χ0v) is 14.3. The number of carbonyl (C=O) groups is 1. The third-order valence-corrected chi connectivity index (χ3v) is 4.95. The minimum Gasteiger partial charge on any atom is -0.351 e. The molecule has 0 aliphatic heterocycles. The van der Waals surface area contributed by atoms with Gasteiger partial charge in [0.05, 0.1) is 10.5 Å². The molecule has 2 aromatic carbocycles. The van der Waals surface area contributed by atoms with E-state index < -0.39 is 21.7 Å². The van der Waals surface area contributed by atoms with Gasteiger partial charge in [-0.2, -0.15) is 0 Å². The Morgan fingerprint density at radius 3 is 2.35 bits per heavy atom. The normalized spacial score (nSPS) is 11.2. The summed E-state index contributed by atoms with van der Waals surface area (Å²) in [7, 11) is -3.64. The molecule has 0 bridgehead atoms. The third kappa shape index (κ3) is 4.85. The van der Waals surface area contributed by atoms with Gasteiger partial charge in [0.2, 0.25) is 10.0 Å². The standard InChI is InChI=1S/C15H14BrFN2O3S/c16-11-5-7-12(8-6-11)23(21,22)19-10-9-18-15(20)13-3-1-2-4-14(13)17/h1-8,19H,9-10H2,(H,18,20). The van der Waals surface area contributed by atoms with Crippen molar-refractivity contribution in [3.8, 4) is 0 Å². The molecule has 2 rings (SSSR count). The number of benzene rings is 2. The summed E-state index contributed by atoms with van der Waals surface area (Å²) in [6, 6.07) is 11.7. The molecule has 0 atom stereocenters. The second kappa shape index (κ2) is 7.67. The van der Waals surface area contributed by atoms with Crippen molar-refractivity contribution in [2.45, 2.75) is 4.90 Å². The molecule has 2 N–H and O–H groups in total. The van der Waals surface area contributed by atoms with E-state index in [2.05, 4.69) is 26.0 Å². The van der Waals surface area contributed by atoms with E-state index in [1.54, 1.807) is 18.2 Å². The highest BCUT2D eigenvalue weighted by atomic mass is 79.9. The Hall–Kier alpha value is -1.77. The van der Waals surface area contributed by atoms with Crippen molar-refractivity contribution < 1.29 is 17.6 Å². The van der Waals surface area contributed by atoms with Crippen molar-refractivity contribution in [3.63, 3.8) is 0 Å². The molecule has 0 heterocycles. The summed E-state index contributed by atoms with van der Waals surface area (Å²) in [5.41, 5.74) is -0.0803. The number of sulfonamides is 1. The van der Waals surface area contributed by atoms with Crippen molar-refractivity contribution in [2.75, 3.05) is 13.1 Å². The van der Waals surface area contributed by atoms with Crippen LogP contribution in [0.25, 0.3) is 0 Å². The van der Waals surface area contributed by atoms with Crippen molar-refractivity contribution in [3.05, 3.63) is 64.4 Å². The molecule has 5 nitrogen and oxygen atoms in total. The molecule has 8 heteroatoms. The summed E-state index contributed by atoms with van der Waals surface area (Å²) in [6.07, 6.45) is 0. The summed E-state index contributed by atoms with van der Waals surface area (Å²) in [5, 5.41) is 2.46. The molecule has 0 aliphatic carbocycles. The van der Waals surface area contributed by atoms with Gasteiger partial charge in [0, 0.05) is 17.6 Å². The predicted molar refractivity (Wildman–Crippen MR) is 88.1 cm³/mol. The van der Waals surface area contributed by atoms with Crippen LogP contribution in [0.5, 0.6) is 0 Å². The molecule has 0 fully saturated rings. The highest BCUT2D eigenvalue weighted by molar-refractivity contribution is 9.10. The first-order valence-corrected chi connectivity index (χ1v) is 8.96. The van der Waals surface area contributed by atoms with Crippen LogP contribution in [0.2, 0.25) is 0 Å². The van der Waals surface area contributed by atoms with Gasteiger partial charge in [-0.05, 0) is 36.4 Å². The van der Waals surface area contributed by atoms with E-state index in [-0.39, 0.29) is 23.5 Å². The minimum absolute atomic E-state index is 0.00140. The van der Waals surface area contributed by atoms with Crippen LogP contribution in [0.1, 0.15) is 10.4 Å². The Balaban J connectivity index is 1.86. The van der Waals surface area contributed by atoms with E-state index in [1.165, 1.54) is 30.3 Å². The fourth-order valence-electron chi connectivity index (χ4n) is 1.80. The number of nitrogens with one attached hydrogen (secondary N) is 2. The molecular formula is C15H14BrFN2O3S. The summed E-state index contributed by atoms with van der Waals surface area (Å²) >= 11 is 3.23. The highest BCUT2D eigenvalue weighted by Gasteiger charge is 2.14. The van der Waals surface area contributed by atoms with Crippen molar-refractivity contribution in [1.29, 1.82) is 0 Å². The SMILES string of the molecule is O=C(NCCNS(=O)(=O)c1ccc(Br)cc1)c1ccccc1F. The molecule has 0 unspecified atom stereocenters. The third-order valence-electron chi connectivity index (χ3n) is 2.95. The first kappa shape index (κ1) is 17.6. The van der Waals surface area contributed by atoms with Crippen molar-refractivity contribution in [2.24, 2.45) is 0 Å². The van der Waals surface area contributed by atoms with Crippen molar-refractivity contribution >= 4 is 31.9 Å². The Labute approximate surface area is 142 Å². The van der Waals surface area contributed by atoms with Crippen molar-refractivity contribution in [1.82, 2.24) is 10.0 Å². The quantitative estimate of drug-likeness (QED) is 0.730. The van der Waals surface area contributed by atoms with Gasteiger partial charge >= 0.3 is 0 Å². The van der Waals surface area contributed by atoms with Crippen LogP contribution in [-0.4, -0.2) is 27.4 Å². The van der Waals surface area contributed by atoms with Crippen LogP contribution in [0.4, 0.5) is 4.39 Å². The largest absolute Gasteiger partial charge is 0.351 e. The van der Waals surface area contributed by atoms with Crippen LogP contribution in [0.3, 0.4) is 0 Å². The Morgan fingerprint density at radius 1 is 1.04 bits per heavy atom. The van der Waals surface area contributed by atoms with E-state index in [1.807, 2.05) is 0 Å². The average molecular weight is 401 g/mol. The fraction of sp³-hybridized carbons (Fsp3) is 0.133. The summed E-state index contributed by atoms with van der Waals surface area (Å²) in [6.45, 7) is 0.0432. The molecule has 0 radical (unpaired) electrons. The lowest BCUT2D eigenvalue weighted by Gasteiger charge is -2.08. The molecule has 1 amide bonds. The first-order valence-electron chi connectivity index (χ1n) is 6.68. The van der Waals surface area contributed by atoms with Gasteiger partial charge in [-0.3, -0.25) is 4.79 Å². The molecule has 2 aromatic rings. The van der Waals surface area contributed by atoms with Crippen LogP contribution >= 0.6 is 15.9 Å². The highest BCUT2D eigenvalue weighted by Crippen LogP contribution is 2.14.